The Bertz CT molecular complexity index is 577. The lowest BCUT2D eigenvalue weighted by Gasteiger charge is -2.15. The van der Waals surface area contributed by atoms with Gasteiger partial charge in [-0.1, -0.05) is 12.1 Å². The van der Waals surface area contributed by atoms with Crippen molar-refractivity contribution in [1.82, 2.24) is 15.1 Å². The Morgan fingerprint density at radius 1 is 1.16 bits per heavy atom. The third-order valence-corrected chi connectivity index (χ3v) is 4.79. The zero-order valence-corrected chi connectivity index (χ0v) is 12.2. The summed E-state index contributed by atoms with van der Waals surface area (Å²) in [5.41, 5.74) is 1.07. The number of hydrogen-bond donors (Lipinski definition) is 1. The summed E-state index contributed by atoms with van der Waals surface area (Å²) in [4.78, 5) is 2.69. The quantitative estimate of drug-likeness (QED) is 0.780. The first-order valence-corrected chi connectivity index (χ1v) is 7.87. The SMILES string of the molecule is Cn1ccc(CNC(c2cccs2)c2cccs2)n1. The lowest BCUT2D eigenvalue weighted by molar-refractivity contribution is 0.602. The predicted octanol–water partition coefficient (Wildman–Crippen LogP) is 3.42. The highest BCUT2D eigenvalue weighted by Crippen LogP contribution is 2.29. The van der Waals surface area contributed by atoms with Gasteiger partial charge in [0.05, 0.1) is 11.7 Å². The van der Waals surface area contributed by atoms with Crippen molar-refractivity contribution in [3.8, 4) is 0 Å². The molecule has 0 aromatic carbocycles. The molecule has 19 heavy (non-hydrogen) atoms. The molecule has 3 heterocycles. The van der Waals surface area contributed by atoms with Crippen molar-refractivity contribution in [2.45, 2.75) is 12.6 Å². The zero-order chi connectivity index (χ0) is 13.1. The van der Waals surface area contributed by atoms with Gasteiger partial charge in [0.2, 0.25) is 0 Å². The van der Waals surface area contributed by atoms with Crippen molar-refractivity contribution in [3.05, 3.63) is 62.7 Å². The predicted molar refractivity (Wildman–Crippen MR) is 80.5 cm³/mol. The van der Waals surface area contributed by atoms with Crippen LogP contribution in [0.15, 0.2) is 47.3 Å². The van der Waals surface area contributed by atoms with Crippen LogP contribution in [0.2, 0.25) is 0 Å². The van der Waals surface area contributed by atoms with E-state index < -0.39 is 0 Å². The van der Waals surface area contributed by atoms with Crippen LogP contribution in [0.1, 0.15) is 21.5 Å². The molecule has 3 rings (SSSR count). The Morgan fingerprint density at radius 2 is 1.84 bits per heavy atom. The number of hydrogen-bond acceptors (Lipinski definition) is 4. The van der Waals surface area contributed by atoms with Crippen LogP contribution in [0, 0.1) is 0 Å². The van der Waals surface area contributed by atoms with Crippen molar-refractivity contribution in [1.29, 1.82) is 0 Å². The molecule has 98 valence electrons. The average molecular weight is 289 g/mol. The summed E-state index contributed by atoms with van der Waals surface area (Å²) >= 11 is 3.58. The van der Waals surface area contributed by atoms with Gasteiger partial charge in [0.25, 0.3) is 0 Å². The summed E-state index contributed by atoms with van der Waals surface area (Å²) in [6.45, 7) is 0.779. The molecule has 5 heteroatoms. The van der Waals surface area contributed by atoms with E-state index in [9.17, 15) is 0 Å². The molecule has 3 aromatic rings. The lowest BCUT2D eigenvalue weighted by Crippen LogP contribution is -2.20. The van der Waals surface area contributed by atoms with E-state index in [0.717, 1.165) is 12.2 Å². The van der Waals surface area contributed by atoms with Crippen LogP contribution >= 0.6 is 22.7 Å². The molecule has 0 aliphatic rings. The van der Waals surface area contributed by atoms with Gasteiger partial charge >= 0.3 is 0 Å². The Balaban J connectivity index is 1.77. The number of nitrogens with one attached hydrogen (secondary N) is 1. The van der Waals surface area contributed by atoms with E-state index in [-0.39, 0.29) is 6.04 Å². The molecule has 0 amide bonds. The van der Waals surface area contributed by atoms with Crippen molar-refractivity contribution in [2.24, 2.45) is 7.05 Å². The normalized spacial score (nSPS) is 11.3. The van der Waals surface area contributed by atoms with Crippen LogP contribution in [-0.2, 0) is 13.6 Å². The van der Waals surface area contributed by atoms with Crippen LogP contribution < -0.4 is 5.32 Å². The van der Waals surface area contributed by atoms with Gasteiger partial charge < -0.3 is 0 Å². The van der Waals surface area contributed by atoms with Crippen LogP contribution in [0.5, 0.6) is 0 Å². The molecule has 0 aliphatic carbocycles. The minimum Gasteiger partial charge on any atom is -0.299 e. The van der Waals surface area contributed by atoms with Gasteiger partial charge in [-0.15, -0.1) is 22.7 Å². The number of aromatic nitrogens is 2. The van der Waals surface area contributed by atoms with Gasteiger partial charge in [0.15, 0.2) is 0 Å². The Morgan fingerprint density at radius 3 is 2.32 bits per heavy atom. The lowest BCUT2D eigenvalue weighted by atomic mass is 10.2. The average Bonchev–Trinajstić information content (AvgIpc) is 3.11. The second-order valence-electron chi connectivity index (χ2n) is 4.33. The smallest absolute Gasteiger partial charge is 0.0768 e. The minimum atomic E-state index is 0.266. The Kier molecular flexibility index (Phi) is 3.77. The molecule has 0 fully saturated rings. The number of nitrogens with zero attached hydrogens (tertiary/aromatic N) is 2. The van der Waals surface area contributed by atoms with Gasteiger partial charge in [-0.25, -0.2) is 0 Å². The van der Waals surface area contributed by atoms with E-state index in [1.165, 1.54) is 9.75 Å². The summed E-state index contributed by atoms with van der Waals surface area (Å²) in [5.74, 6) is 0. The van der Waals surface area contributed by atoms with E-state index in [1.54, 1.807) is 22.7 Å². The van der Waals surface area contributed by atoms with Crippen LogP contribution in [0.4, 0.5) is 0 Å². The molecule has 3 nitrogen and oxygen atoms in total. The molecule has 0 spiro atoms. The summed E-state index contributed by atoms with van der Waals surface area (Å²) in [7, 11) is 1.94. The second-order valence-corrected chi connectivity index (χ2v) is 6.28. The first-order chi connectivity index (χ1) is 9.33. The summed E-state index contributed by atoms with van der Waals surface area (Å²) < 4.78 is 1.84. The monoisotopic (exact) mass is 289 g/mol. The maximum atomic E-state index is 4.41. The maximum Gasteiger partial charge on any atom is 0.0768 e. The standard InChI is InChI=1S/C14H15N3S2/c1-17-7-6-11(16-17)10-15-14(12-4-2-8-18-12)13-5-3-9-19-13/h2-9,14-15H,10H2,1H3. The van der Waals surface area contributed by atoms with Crippen molar-refractivity contribution >= 4 is 22.7 Å². The van der Waals surface area contributed by atoms with Crippen LogP contribution in [0.25, 0.3) is 0 Å². The fraction of sp³-hybridized carbons (Fsp3) is 0.214. The number of aryl methyl sites for hydroxylation is 1. The molecular weight excluding hydrogens is 274 g/mol. The number of rotatable bonds is 5. The van der Waals surface area contributed by atoms with Crippen LogP contribution in [0.3, 0.4) is 0 Å². The van der Waals surface area contributed by atoms with Crippen molar-refractivity contribution in [2.75, 3.05) is 0 Å². The first kappa shape index (κ1) is 12.6. The van der Waals surface area contributed by atoms with Gasteiger partial charge in [-0.05, 0) is 29.0 Å². The fourth-order valence-electron chi connectivity index (χ4n) is 2.02. The Hall–Kier alpha value is -1.43. The fourth-order valence-corrected chi connectivity index (χ4v) is 3.73. The van der Waals surface area contributed by atoms with Gasteiger partial charge in [0.1, 0.15) is 0 Å². The van der Waals surface area contributed by atoms with E-state index >= 15 is 0 Å². The highest BCUT2D eigenvalue weighted by Gasteiger charge is 2.15. The van der Waals surface area contributed by atoms with Gasteiger partial charge in [0, 0.05) is 29.5 Å². The maximum absolute atomic E-state index is 4.41. The molecule has 0 atom stereocenters. The summed E-state index contributed by atoms with van der Waals surface area (Å²) in [5, 5.41) is 12.3. The molecule has 0 saturated heterocycles. The Labute approximate surface area is 120 Å². The molecule has 0 saturated carbocycles. The van der Waals surface area contributed by atoms with Crippen molar-refractivity contribution < 1.29 is 0 Å². The van der Waals surface area contributed by atoms with E-state index in [1.807, 2.05) is 24.0 Å². The molecule has 0 unspecified atom stereocenters. The first-order valence-electron chi connectivity index (χ1n) is 6.11. The molecule has 3 aromatic heterocycles. The third kappa shape index (κ3) is 2.94. The zero-order valence-electron chi connectivity index (χ0n) is 10.6. The summed E-state index contributed by atoms with van der Waals surface area (Å²) in [6, 6.07) is 10.9. The molecule has 0 bridgehead atoms. The largest absolute Gasteiger partial charge is 0.299 e. The van der Waals surface area contributed by atoms with Crippen molar-refractivity contribution in [3.63, 3.8) is 0 Å². The third-order valence-electron chi connectivity index (χ3n) is 2.91. The highest BCUT2D eigenvalue weighted by atomic mass is 32.1. The van der Waals surface area contributed by atoms with Crippen LogP contribution in [-0.4, -0.2) is 9.78 Å². The van der Waals surface area contributed by atoms with Gasteiger partial charge in [-0.3, -0.25) is 10.00 Å². The molecule has 0 radical (unpaired) electrons. The van der Waals surface area contributed by atoms with E-state index in [0.29, 0.717) is 0 Å². The van der Waals surface area contributed by atoms with E-state index in [4.69, 9.17) is 0 Å². The minimum absolute atomic E-state index is 0.266. The van der Waals surface area contributed by atoms with E-state index in [2.05, 4.69) is 45.4 Å². The van der Waals surface area contributed by atoms with Gasteiger partial charge in [-0.2, -0.15) is 5.10 Å². The number of thiophene rings is 2. The topological polar surface area (TPSA) is 29.9 Å². The second kappa shape index (κ2) is 5.69. The highest BCUT2D eigenvalue weighted by molar-refractivity contribution is 7.11. The molecule has 1 N–H and O–H groups in total. The summed E-state index contributed by atoms with van der Waals surface area (Å²) in [6.07, 6.45) is 1.97. The molecule has 0 aliphatic heterocycles. The molecular formula is C14H15N3S2.